The predicted octanol–water partition coefficient (Wildman–Crippen LogP) is 3.33. The highest BCUT2D eigenvalue weighted by molar-refractivity contribution is 9.10. The zero-order chi connectivity index (χ0) is 18.2. The summed E-state index contributed by atoms with van der Waals surface area (Å²) in [7, 11) is 5.50. The lowest BCUT2D eigenvalue weighted by atomic mass is 10.2. The number of hydrogen-bond donors (Lipinski definition) is 1. The number of methoxy groups -OCH3 is 1. The van der Waals surface area contributed by atoms with Crippen LogP contribution in [0.3, 0.4) is 0 Å². The molecule has 2 aromatic rings. The molecule has 2 aromatic carbocycles. The Morgan fingerprint density at radius 1 is 1.12 bits per heavy atom. The van der Waals surface area contributed by atoms with Crippen LogP contribution in [0, 0.1) is 0 Å². The maximum absolute atomic E-state index is 12.2. The van der Waals surface area contributed by atoms with Gasteiger partial charge in [-0.15, -0.1) is 0 Å². The fourth-order valence-corrected chi connectivity index (χ4v) is 2.43. The minimum absolute atomic E-state index is 0.125. The molecule has 0 aliphatic rings. The van der Waals surface area contributed by atoms with Gasteiger partial charge in [0.05, 0.1) is 7.11 Å². The van der Waals surface area contributed by atoms with E-state index < -0.39 is 0 Å². The van der Waals surface area contributed by atoms with Gasteiger partial charge in [-0.25, -0.2) is 0 Å². The molecule has 0 radical (unpaired) electrons. The topological polar surface area (TPSA) is 50.8 Å². The average molecular weight is 407 g/mol. The second-order valence-electron chi connectivity index (χ2n) is 5.84. The fourth-order valence-electron chi connectivity index (χ4n) is 2.16. The molecular weight excluding hydrogens is 384 g/mol. The van der Waals surface area contributed by atoms with E-state index in [1.54, 1.807) is 25.3 Å². The molecule has 0 aliphatic carbocycles. The second-order valence-corrected chi connectivity index (χ2v) is 6.76. The zero-order valence-corrected chi connectivity index (χ0v) is 16.3. The number of nitrogens with zero attached hydrogens (tertiary/aromatic N) is 1. The summed E-state index contributed by atoms with van der Waals surface area (Å²) in [5.41, 5.74) is 1.60. The number of carbonyl (C=O) groups is 1. The lowest BCUT2D eigenvalue weighted by molar-refractivity contribution is 0.0950. The molecule has 2 rings (SSSR count). The summed E-state index contributed by atoms with van der Waals surface area (Å²) in [6.45, 7) is 1.81. The highest BCUT2D eigenvalue weighted by Gasteiger charge is 2.11. The highest BCUT2D eigenvalue weighted by atomic mass is 79.9. The molecule has 1 N–H and O–H groups in total. The second kappa shape index (κ2) is 9.44. The first-order valence-corrected chi connectivity index (χ1v) is 8.77. The maximum atomic E-state index is 12.2. The molecule has 1 amide bonds. The Bertz CT molecular complexity index is 702. The van der Waals surface area contributed by atoms with Crippen molar-refractivity contribution in [3.8, 4) is 11.5 Å². The quantitative estimate of drug-likeness (QED) is 0.730. The summed E-state index contributed by atoms with van der Waals surface area (Å²) in [5.74, 6) is 1.02. The van der Waals surface area contributed by atoms with Crippen LogP contribution < -0.4 is 14.8 Å². The van der Waals surface area contributed by atoms with Gasteiger partial charge >= 0.3 is 0 Å². The van der Waals surface area contributed by atoms with Gasteiger partial charge in [-0.1, -0.05) is 28.1 Å². The molecule has 0 atom stereocenters. The van der Waals surface area contributed by atoms with Gasteiger partial charge in [-0.05, 0) is 50.0 Å². The Morgan fingerprint density at radius 2 is 1.84 bits per heavy atom. The minimum Gasteiger partial charge on any atom is -0.493 e. The standard InChI is InChI=1S/C19H23BrN2O3/c1-22(2)11-10-21-19(23)15-6-9-17(18(12-15)24-3)25-13-14-4-7-16(20)8-5-14/h4-9,12H,10-11,13H2,1-3H3,(H,21,23). The molecule has 0 fully saturated rings. The van der Waals surface area contributed by atoms with Gasteiger partial charge in [0, 0.05) is 23.1 Å². The van der Waals surface area contributed by atoms with E-state index in [1.807, 2.05) is 43.3 Å². The third-order valence-electron chi connectivity index (χ3n) is 3.58. The van der Waals surface area contributed by atoms with Gasteiger partial charge in [-0.3, -0.25) is 4.79 Å². The van der Waals surface area contributed by atoms with Crippen LogP contribution in [-0.2, 0) is 6.61 Å². The number of ether oxygens (including phenoxy) is 2. The number of rotatable bonds is 8. The molecule has 0 aliphatic heterocycles. The molecule has 0 aromatic heterocycles. The number of amides is 1. The molecular formula is C19H23BrN2O3. The molecule has 25 heavy (non-hydrogen) atoms. The largest absolute Gasteiger partial charge is 0.493 e. The summed E-state index contributed by atoms with van der Waals surface area (Å²) in [6.07, 6.45) is 0. The highest BCUT2D eigenvalue weighted by Crippen LogP contribution is 2.29. The van der Waals surface area contributed by atoms with Gasteiger partial charge in [0.25, 0.3) is 5.91 Å². The summed E-state index contributed by atoms with van der Waals surface area (Å²) in [4.78, 5) is 14.2. The third-order valence-corrected chi connectivity index (χ3v) is 4.11. The molecule has 6 heteroatoms. The Balaban J connectivity index is 2.00. The van der Waals surface area contributed by atoms with Crippen molar-refractivity contribution in [3.63, 3.8) is 0 Å². The summed E-state index contributed by atoms with van der Waals surface area (Å²) >= 11 is 3.41. The summed E-state index contributed by atoms with van der Waals surface area (Å²) < 4.78 is 12.2. The van der Waals surface area contributed by atoms with Crippen molar-refractivity contribution in [3.05, 3.63) is 58.1 Å². The molecule has 0 saturated heterocycles. The third kappa shape index (κ3) is 6.07. The minimum atomic E-state index is -0.125. The normalized spacial score (nSPS) is 10.6. The first-order valence-electron chi connectivity index (χ1n) is 7.98. The predicted molar refractivity (Wildman–Crippen MR) is 102 cm³/mol. The van der Waals surface area contributed by atoms with Gasteiger partial charge in [0.1, 0.15) is 6.61 Å². The first-order chi connectivity index (χ1) is 12.0. The molecule has 0 unspecified atom stereocenters. The van der Waals surface area contributed by atoms with E-state index in [9.17, 15) is 4.79 Å². The maximum Gasteiger partial charge on any atom is 0.251 e. The van der Waals surface area contributed by atoms with Gasteiger partial charge in [0.15, 0.2) is 11.5 Å². The number of nitrogens with one attached hydrogen (secondary N) is 1. The zero-order valence-electron chi connectivity index (χ0n) is 14.7. The molecule has 5 nitrogen and oxygen atoms in total. The van der Waals surface area contributed by atoms with Crippen LogP contribution in [0.2, 0.25) is 0 Å². The van der Waals surface area contributed by atoms with E-state index in [1.165, 1.54) is 0 Å². The van der Waals surface area contributed by atoms with Crippen LogP contribution in [0.5, 0.6) is 11.5 Å². The monoisotopic (exact) mass is 406 g/mol. The van der Waals surface area contributed by atoms with Crippen LogP contribution in [0.1, 0.15) is 15.9 Å². The molecule has 134 valence electrons. The van der Waals surface area contributed by atoms with Crippen molar-refractivity contribution in [2.24, 2.45) is 0 Å². The van der Waals surface area contributed by atoms with E-state index in [0.717, 1.165) is 16.6 Å². The van der Waals surface area contributed by atoms with Crippen molar-refractivity contribution in [1.29, 1.82) is 0 Å². The lowest BCUT2D eigenvalue weighted by Crippen LogP contribution is -2.31. The van der Waals surface area contributed by atoms with Crippen molar-refractivity contribution in [2.75, 3.05) is 34.3 Å². The number of likely N-dealkylation sites (N-methyl/N-ethyl adjacent to an activating group) is 1. The van der Waals surface area contributed by atoms with Crippen LogP contribution >= 0.6 is 15.9 Å². The van der Waals surface area contributed by atoms with Gasteiger partial charge < -0.3 is 19.7 Å². The smallest absolute Gasteiger partial charge is 0.251 e. The van der Waals surface area contributed by atoms with Crippen molar-refractivity contribution >= 4 is 21.8 Å². The lowest BCUT2D eigenvalue weighted by Gasteiger charge is -2.13. The molecule has 0 heterocycles. The SMILES string of the molecule is COc1cc(C(=O)NCCN(C)C)ccc1OCc1ccc(Br)cc1. The van der Waals surface area contributed by atoms with Gasteiger partial charge in [0.2, 0.25) is 0 Å². The summed E-state index contributed by atoms with van der Waals surface area (Å²) in [5, 5.41) is 2.88. The van der Waals surface area contributed by atoms with Gasteiger partial charge in [-0.2, -0.15) is 0 Å². The van der Waals surface area contributed by atoms with Crippen LogP contribution in [-0.4, -0.2) is 45.1 Å². The van der Waals surface area contributed by atoms with E-state index in [0.29, 0.717) is 30.2 Å². The summed E-state index contributed by atoms with van der Waals surface area (Å²) in [6, 6.07) is 13.1. The van der Waals surface area contributed by atoms with E-state index in [2.05, 4.69) is 21.2 Å². The van der Waals surface area contributed by atoms with Crippen molar-refractivity contribution in [2.45, 2.75) is 6.61 Å². The first kappa shape index (κ1) is 19.3. The number of hydrogen-bond acceptors (Lipinski definition) is 4. The van der Waals surface area contributed by atoms with Crippen LogP contribution in [0.25, 0.3) is 0 Å². The molecule has 0 spiro atoms. The number of halogens is 1. The van der Waals surface area contributed by atoms with E-state index in [-0.39, 0.29) is 5.91 Å². The van der Waals surface area contributed by atoms with E-state index in [4.69, 9.17) is 9.47 Å². The Labute approximate surface area is 157 Å². The van der Waals surface area contributed by atoms with Crippen LogP contribution in [0.4, 0.5) is 0 Å². The van der Waals surface area contributed by atoms with Crippen molar-refractivity contribution in [1.82, 2.24) is 10.2 Å². The Morgan fingerprint density at radius 3 is 2.48 bits per heavy atom. The number of benzene rings is 2. The van der Waals surface area contributed by atoms with E-state index >= 15 is 0 Å². The average Bonchev–Trinajstić information content (AvgIpc) is 2.60. The Hall–Kier alpha value is -2.05. The van der Waals surface area contributed by atoms with Crippen molar-refractivity contribution < 1.29 is 14.3 Å². The Kier molecular flexibility index (Phi) is 7.28. The molecule has 0 bridgehead atoms. The molecule has 0 saturated carbocycles. The fraction of sp³-hybridized carbons (Fsp3) is 0.316. The number of carbonyl (C=O) groups excluding carboxylic acids is 1. The van der Waals surface area contributed by atoms with Crippen LogP contribution in [0.15, 0.2) is 46.9 Å².